The van der Waals surface area contributed by atoms with Crippen LogP contribution in [0.5, 0.6) is 0 Å². The van der Waals surface area contributed by atoms with Crippen molar-refractivity contribution in [2.24, 2.45) is 0 Å². The number of fused-ring (bicyclic) bond motifs is 3. The number of carbonyl (C=O) groups is 2. The Hall–Kier alpha value is -1.24. The van der Waals surface area contributed by atoms with Crippen LogP contribution in [0.4, 0.5) is 22.0 Å². The Morgan fingerprint density at radius 1 is 1.03 bits per heavy atom. The van der Waals surface area contributed by atoms with E-state index in [0.29, 0.717) is 38.5 Å². The molecule has 4 aliphatic carbocycles. The molecule has 200 valence electrons. The summed E-state index contributed by atoms with van der Waals surface area (Å²) in [6.07, 6.45) is -4.66. The van der Waals surface area contributed by atoms with E-state index in [2.05, 4.69) is 21.3 Å². The zero-order valence-electron chi connectivity index (χ0n) is 19.2. The highest BCUT2D eigenvalue weighted by Crippen LogP contribution is 2.48. The first-order chi connectivity index (χ1) is 16.4. The molecular formula is C22H32ClF5N4O3. The van der Waals surface area contributed by atoms with Gasteiger partial charge in [0.1, 0.15) is 25.0 Å². The average Bonchev–Trinajstić information content (AvgIpc) is 2.80. The van der Waals surface area contributed by atoms with Gasteiger partial charge in [0.25, 0.3) is 0 Å². The van der Waals surface area contributed by atoms with Gasteiger partial charge in [0, 0.05) is 31.5 Å². The van der Waals surface area contributed by atoms with Gasteiger partial charge in [-0.3, -0.25) is 9.59 Å². The standard InChI is InChI=1S/C22H32ClF5N4O3/c23-13-2-1-12(7-14(13)24)35-11-18(33)31-20-3-5-21(6-4-20,16(25)8-20)32-19(34)15-9-30-17(10-29-15)22(26,27)28/h12-17,29-30H,1-11H2,(H,31,33)(H,32,34). The first kappa shape index (κ1) is 26.8. The Balaban J connectivity index is 1.24. The Bertz CT molecular complexity index is 788. The fraction of sp³-hybridized carbons (Fsp3) is 0.909. The highest BCUT2D eigenvalue weighted by Gasteiger charge is 2.56. The molecule has 1 heterocycles. The minimum absolute atomic E-state index is 0.0232. The molecule has 5 fully saturated rings. The molecule has 4 saturated carbocycles. The van der Waals surface area contributed by atoms with Crippen LogP contribution in [-0.4, -0.2) is 84.7 Å². The molecule has 13 heteroatoms. The number of hydrogen-bond acceptors (Lipinski definition) is 5. The maximum absolute atomic E-state index is 15.3. The van der Waals surface area contributed by atoms with Crippen molar-refractivity contribution >= 4 is 23.4 Å². The van der Waals surface area contributed by atoms with Crippen LogP contribution in [-0.2, 0) is 14.3 Å². The zero-order chi connectivity index (χ0) is 25.4. The number of nitrogens with one attached hydrogen (secondary N) is 4. The fourth-order valence-corrected chi connectivity index (χ4v) is 5.97. The van der Waals surface area contributed by atoms with Gasteiger partial charge in [-0.25, -0.2) is 8.78 Å². The Kier molecular flexibility index (Phi) is 7.86. The Labute approximate surface area is 205 Å². The van der Waals surface area contributed by atoms with Crippen molar-refractivity contribution < 1.29 is 36.3 Å². The summed E-state index contributed by atoms with van der Waals surface area (Å²) in [6, 6.07) is -2.62. The van der Waals surface area contributed by atoms with Gasteiger partial charge < -0.3 is 26.0 Å². The highest BCUT2D eigenvalue weighted by molar-refractivity contribution is 6.21. The summed E-state index contributed by atoms with van der Waals surface area (Å²) in [4.78, 5) is 25.2. The summed E-state index contributed by atoms with van der Waals surface area (Å²) in [6.45, 7) is -0.896. The van der Waals surface area contributed by atoms with Gasteiger partial charge in [-0.05, 0) is 38.5 Å². The number of carbonyl (C=O) groups excluding carboxylic acids is 2. The summed E-state index contributed by atoms with van der Waals surface area (Å²) in [5, 5.41) is 10.0. The number of halogens is 6. The second kappa shape index (κ2) is 10.3. The molecule has 4 N–H and O–H groups in total. The lowest BCUT2D eigenvalue weighted by Crippen LogP contribution is -2.71. The molecule has 1 aliphatic heterocycles. The largest absolute Gasteiger partial charge is 0.405 e. The van der Waals surface area contributed by atoms with E-state index in [1.807, 2.05) is 0 Å². The van der Waals surface area contributed by atoms with Crippen molar-refractivity contribution in [3.05, 3.63) is 0 Å². The molecular weight excluding hydrogens is 499 g/mol. The fourth-order valence-electron chi connectivity index (χ4n) is 5.74. The molecule has 0 radical (unpaired) electrons. The summed E-state index contributed by atoms with van der Waals surface area (Å²) in [5.41, 5.74) is -1.84. The van der Waals surface area contributed by atoms with E-state index in [4.69, 9.17) is 16.3 Å². The van der Waals surface area contributed by atoms with Crippen LogP contribution in [0.2, 0.25) is 0 Å². The van der Waals surface area contributed by atoms with Crippen LogP contribution >= 0.6 is 11.6 Å². The molecule has 2 amide bonds. The second-order valence-electron chi connectivity index (χ2n) is 10.4. The first-order valence-corrected chi connectivity index (χ1v) is 12.6. The first-order valence-electron chi connectivity index (χ1n) is 12.1. The second-order valence-corrected chi connectivity index (χ2v) is 10.9. The van der Waals surface area contributed by atoms with E-state index in [1.54, 1.807) is 0 Å². The monoisotopic (exact) mass is 530 g/mol. The van der Waals surface area contributed by atoms with Gasteiger partial charge in [0.2, 0.25) is 11.8 Å². The SMILES string of the molecule is O=C(COC1CCC(Cl)C(F)C1)NC12CCC(NC(=O)C3CNC(C(F)(F)F)CN3)(CC1)C(F)C2. The molecule has 0 aromatic carbocycles. The van der Waals surface area contributed by atoms with Crippen LogP contribution in [0.3, 0.4) is 0 Å². The van der Waals surface area contributed by atoms with E-state index in [9.17, 15) is 27.2 Å². The minimum atomic E-state index is -4.41. The lowest BCUT2D eigenvalue weighted by molar-refractivity contribution is -0.160. The zero-order valence-corrected chi connectivity index (χ0v) is 20.0. The molecule has 5 aliphatic rings. The van der Waals surface area contributed by atoms with Crippen molar-refractivity contribution in [2.45, 2.75) is 105 Å². The third kappa shape index (κ3) is 6.02. The van der Waals surface area contributed by atoms with E-state index in [0.717, 1.165) is 0 Å². The molecule has 0 spiro atoms. The predicted octanol–water partition coefficient (Wildman–Crippen LogP) is 2.02. The Morgan fingerprint density at radius 3 is 2.31 bits per heavy atom. The van der Waals surface area contributed by atoms with Crippen molar-refractivity contribution in [2.75, 3.05) is 19.7 Å². The molecule has 2 bridgehead atoms. The van der Waals surface area contributed by atoms with Crippen LogP contribution < -0.4 is 21.3 Å². The van der Waals surface area contributed by atoms with E-state index in [1.165, 1.54) is 0 Å². The maximum atomic E-state index is 15.3. The van der Waals surface area contributed by atoms with E-state index in [-0.39, 0.29) is 32.1 Å². The number of amides is 2. The van der Waals surface area contributed by atoms with Crippen LogP contribution in [0.25, 0.3) is 0 Å². The maximum Gasteiger partial charge on any atom is 0.405 e. The van der Waals surface area contributed by atoms with Gasteiger partial charge in [0.15, 0.2) is 0 Å². The average molecular weight is 531 g/mol. The van der Waals surface area contributed by atoms with Crippen molar-refractivity contribution in [3.63, 3.8) is 0 Å². The van der Waals surface area contributed by atoms with Crippen LogP contribution in [0, 0.1) is 0 Å². The molecule has 6 atom stereocenters. The topological polar surface area (TPSA) is 91.5 Å². The van der Waals surface area contributed by atoms with Gasteiger partial charge in [-0.2, -0.15) is 13.2 Å². The summed E-state index contributed by atoms with van der Waals surface area (Å²) >= 11 is 5.87. The van der Waals surface area contributed by atoms with Crippen molar-refractivity contribution in [3.8, 4) is 0 Å². The quantitative estimate of drug-likeness (QED) is 0.312. The lowest BCUT2D eigenvalue weighted by Gasteiger charge is -2.55. The summed E-state index contributed by atoms with van der Waals surface area (Å²) in [5.74, 6) is -0.929. The highest BCUT2D eigenvalue weighted by atomic mass is 35.5. The number of ether oxygens (including phenoxy) is 1. The molecule has 5 rings (SSSR count). The molecule has 1 saturated heterocycles. The molecule has 6 unspecified atom stereocenters. The minimum Gasteiger partial charge on any atom is -0.368 e. The summed E-state index contributed by atoms with van der Waals surface area (Å²) < 4.78 is 73.0. The van der Waals surface area contributed by atoms with Gasteiger partial charge >= 0.3 is 6.18 Å². The van der Waals surface area contributed by atoms with Crippen molar-refractivity contribution in [1.29, 1.82) is 0 Å². The Morgan fingerprint density at radius 2 is 1.74 bits per heavy atom. The van der Waals surface area contributed by atoms with Crippen LogP contribution in [0.1, 0.15) is 51.4 Å². The summed E-state index contributed by atoms with van der Waals surface area (Å²) in [7, 11) is 0. The van der Waals surface area contributed by atoms with Crippen LogP contribution in [0.15, 0.2) is 0 Å². The number of rotatable bonds is 6. The third-order valence-corrected chi connectivity index (χ3v) is 8.48. The smallest absolute Gasteiger partial charge is 0.368 e. The van der Waals surface area contributed by atoms with Crippen molar-refractivity contribution in [1.82, 2.24) is 21.3 Å². The van der Waals surface area contributed by atoms with Gasteiger partial charge in [-0.15, -0.1) is 11.6 Å². The predicted molar refractivity (Wildman–Crippen MR) is 117 cm³/mol. The normalized spacial score (nSPS) is 41.9. The lowest BCUT2D eigenvalue weighted by atomic mass is 9.60. The van der Waals surface area contributed by atoms with Gasteiger partial charge in [-0.1, -0.05) is 0 Å². The van der Waals surface area contributed by atoms with E-state index >= 15 is 4.39 Å². The molecule has 0 aromatic heterocycles. The number of alkyl halides is 6. The number of piperazine rings is 1. The molecule has 35 heavy (non-hydrogen) atoms. The third-order valence-electron chi connectivity index (χ3n) is 7.99. The van der Waals surface area contributed by atoms with Gasteiger partial charge in [0.05, 0.1) is 23.1 Å². The van der Waals surface area contributed by atoms with E-state index < -0.39 is 65.4 Å². The molecule has 7 nitrogen and oxygen atoms in total. The number of hydrogen-bond donors (Lipinski definition) is 4. The molecule has 0 aromatic rings.